The zero-order valence-electron chi connectivity index (χ0n) is 11.9. The third-order valence-electron chi connectivity index (χ3n) is 3.62. The highest BCUT2D eigenvalue weighted by molar-refractivity contribution is 5.32. The number of H-pyrrole nitrogens is 1. The molecule has 2 aromatic heterocycles. The summed E-state index contributed by atoms with van der Waals surface area (Å²) in [5, 5.41) is 6.93. The average Bonchev–Trinajstić information content (AvgIpc) is 2.93. The number of aromatic nitrogens is 5. The Kier molecular flexibility index (Phi) is 3.71. The highest BCUT2D eigenvalue weighted by Gasteiger charge is 2.34. The number of aromatic amines is 1. The zero-order valence-corrected chi connectivity index (χ0v) is 11.9. The van der Waals surface area contributed by atoms with Crippen LogP contribution < -0.4 is 4.90 Å². The second kappa shape index (κ2) is 5.54. The van der Waals surface area contributed by atoms with Crippen LogP contribution in [0.4, 0.5) is 19.1 Å². The highest BCUT2D eigenvalue weighted by Crippen LogP contribution is 2.30. The number of hydrogen-bond donors (Lipinski definition) is 1. The molecule has 1 atom stereocenters. The highest BCUT2D eigenvalue weighted by atomic mass is 19.4. The molecule has 1 aliphatic rings. The first kappa shape index (κ1) is 14.7. The van der Waals surface area contributed by atoms with Gasteiger partial charge >= 0.3 is 6.18 Å². The van der Waals surface area contributed by atoms with Crippen LogP contribution in [-0.4, -0.2) is 38.2 Å². The van der Waals surface area contributed by atoms with Crippen LogP contribution in [0.3, 0.4) is 0 Å². The van der Waals surface area contributed by atoms with Crippen LogP contribution >= 0.6 is 0 Å². The number of piperidine rings is 1. The van der Waals surface area contributed by atoms with Crippen LogP contribution in [0.15, 0.2) is 12.3 Å². The van der Waals surface area contributed by atoms with E-state index in [1.807, 2.05) is 6.92 Å². The van der Waals surface area contributed by atoms with Crippen molar-refractivity contribution in [3.63, 3.8) is 0 Å². The van der Waals surface area contributed by atoms with Crippen LogP contribution in [0.5, 0.6) is 0 Å². The molecule has 0 amide bonds. The Morgan fingerprint density at radius 2 is 2.14 bits per heavy atom. The second-order valence-corrected chi connectivity index (χ2v) is 5.30. The number of halogens is 3. The molecule has 22 heavy (non-hydrogen) atoms. The molecule has 0 aliphatic carbocycles. The van der Waals surface area contributed by atoms with E-state index in [2.05, 4.69) is 25.1 Å². The molecular weight excluding hydrogens is 297 g/mol. The number of alkyl halides is 3. The first-order valence-corrected chi connectivity index (χ1v) is 6.97. The maximum Gasteiger partial charge on any atom is 0.433 e. The minimum absolute atomic E-state index is 0.0665. The molecule has 1 N–H and O–H groups in total. The third kappa shape index (κ3) is 3.02. The van der Waals surface area contributed by atoms with Gasteiger partial charge in [-0.25, -0.2) is 15.0 Å². The predicted molar refractivity (Wildman–Crippen MR) is 72.3 cm³/mol. The number of nitrogens with zero attached hydrogens (tertiary/aromatic N) is 5. The molecule has 0 radical (unpaired) electrons. The summed E-state index contributed by atoms with van der Waals surface area (Å²) in [5.41, 5.74) is -0.923. The maximum absolute atomic E-state index is 12.7. The first-order chi connectivity index (χ1) is 10.4. The van der Waals surface area contributed by atoms with Crippen molar-refractivity contribution in [3.05, 3.63) is 29.6 Å². The molecule has 1 saturated heterocycles. The summed E-state index contributed by atoms with van der Waals surface area (Å²) >= 11 is 0. The van der Waals surface area contributed by atoms with E-state index in [4.69, 9.17) is 0 Å². The fraction of sp³-hybridized carbons (Fsp3) is 0.538. The van der Waals surface area contributed by atoms with E-state index in [1.54, 1.807) is 4.90 Å². The van der Waals surface area contributed by atoms with E-state index in [9.17, 15) is 13.2 Å². The van der Waals surface area contributed by atoms with Gasteiger partial charge in [-0.2, -0.15) is 18.3 Å². The topological polar surface area (TPSA) is 70.6 Å². The van der Waals surface area contributed by atoms with Crippen molar-refractivity contribution in [3.8, 4) is 0 Å². The SMILES string of the molecule is Cc1nc(C2CCCN(c3nccc(C(F)(F)F)n3)C2)n[nH]1. The van der Waals surface area contributed by atoms with Crippen molar-refractivity contribution in [2.24, 2.45) is 0 Å². The molecule has 2 aromatic rings. The number of anilines is 1. The molecular formula is C13H15F3N6. The Hall–Kier alpha value is -2.19. The van der Waals surface area contributed by atoms with Crippen molar-refractivity contribution >= 4 is 5.95 Å². The standard InChI is InChI=1S/C13H15F3N6/c1-8-18-11(21-20-8)9-3-2-6-22(7-9)12-17-5-4-10(19-12)13(14,15)16/h4-5,9H,2-3,6-7H2,1H3,(H,18,20,21). The van der Waals surface area contributed by atoms with Gasteiger partial charge in [-0.05, 0) is 25.8 Å². The Morgan fingerprint density at radius 1 is 1.32 bits per heavy atom. The number of aryl methyl sites for hydroxylation is 1. The van der Waals surface area contributed by atoms with Crippen LogP contribution in [-0.2, 0) is 6.18 Å². The molecule has 6 nitrogen and oxygen atoms in total. The Morgan fingerprint density at radius 3 is 2.82 bits per heavy atom. The van der Waals surface area contributed by atoms with Crippen LogP contribution in [0.2, 0.25) is 0 Å². The van der Waals surface area contributed by atoms with E-state index in [1.165, 1.54) is 0 Å². The quantitative estimate of drug-likeness (QED) is 0.921. The number of hydrogen-bond acceptors (Lipinski definition) is 5. The maximum atomic E-state index is 12.7. The van der Waals surface area contributed by atoms with Gasteiger partial charge in [0.2, 0.25) is 5.95 Å². The Bertz CT molecular complexity index is 653. The van der Waals surface area contributed by atoms with E-state index < -0.39 is 11.9 Å². The fourth-order valence-corrected chi connectivity index (χ4v) is 2.57. The van der Waals surface area contributed by atoms with Gasteiger partial charge in [0.05, 0.1) is 0 Å². The summed E-state index contributed by atoms with van der Waals surface area (Å²) in [6.07, 6.45) is -1.59. The van der Waals surface area contributed by atoms with Gasteiger partial charge < -0.3 is 4.90 Å². The summed E-state index contributed by atoms with van der Waals surface area (Å²) in [6, 6.07) is 0.879. The Labute approximate surface area is 124 Å². The lowest BCUT2D eigenvalue weighted by molar-refractivity contribution is -0.141. The van der Waals surface area contributed by atoms with Crippen molar-refractivity contribution in [1.82, 2.24) is 25.1 Å². The van der Waals surface area contributed by atoms with E-state index >= 15 is 0 Å². The van der Waals surface area contributed by atoms with Crippen LogP contribution in [0, 0.1) is 6.92 Å². The van der Waals surface area contributed by atoms with Crippen LogP contribution in [0.1, 0.15) is 36.1 Å². The zero-order chi connectivity index (χ0) is 15.7. The second-order valence-electron chi connectivity index (χ2n) is 5.30. The van der Waals surface area contributed by atoms with Gasteiger partial charge in [0.15, 0.2) is 5.82 Å². The average molecular weight is 312 g/mol. The summed E-state index contributed by atoms with van der Waals surface area (Å²) in [6.45, 7) is 2.95. The molecule has 1 fully saturated rings. The molecule has 3 heterocycles. The van der Waals surface area contributed by atoms with Gasteiger partial charge in [-0.15, -0.1) is 0 Å². The molecule has 0 saturated carbocycles. The third-order valence-corrected chi connectivity index (χ3v) is 3.62. The molecule has 0 aromatic carbocycles. The van der Waals surface area contributed by atoms with Gasteiger partial charge in [-0.1, -0.05) is 0 Å². The predicted octanol–water partition coefficient (Wildman–Crippen LogP) is 2.31. The lowest BCUT2D eigenvalue weighted by Gasteiger charge is -2.31. The molecule has 3 rings (SSSR count). The smallest absolute Gasteiger partial charge is 0.340 e. The summed E-state index contributed by atoms with van der Waals surface area (Å²) < 4.78 is 38.2. The van der Waals surface area contributed by atoms with Gasteiger partial charge in [-0.3, -0.25) is 5.10 Å². The van der Waals surface area contributed by atoms with Crippen molar-refractivity contribution in [2.75, 3.05) is 18.0 Å². The minimum atomic E-state index is -4.46. The summed E-state index contributed by atoms with van der Waals surface area (Å²) in [7, 11) is 0. The number of rotatable bonds is 2. The van der Waals surface area contributed by atoms with Gasteiger partial charge in [0, 0.05) is 25.2 Å². The van der Waals surface area contributed by atoms with Crippen molar-refractivity contribution in [1.29, 1.82) is 0 Å². The summed E-state index contributed by atoms with van der Waals surface area (Å²) in [5.74, 6) is 1.58. The Balaban J connectivity index is 1.80. The normalized spacial score (nSPS) is 19.5. The molecule has 118 valence electrons. The monoisotopic (exact) mass is 312 g/mol. The lowest BCUT2D eigenvalue weighted by Crippen LogP contribution is -2.36. The first-order valence-electron chi connectivity index (χ1n) is 6.97. The van der Waals surface area contributed by atoms with E-state index in [0.717, 1.165) is 30.9 Å². The largest absolute Gasteiger partial charge is 0.433 e. The summed E-state index contributed by atoms with van der Waals surface area (Å²) in [4.78, 5) is 13.7. The van der Waals surface area contributed by atoms with Gasteiger partial charge in [0.1, 0.15) is 11.5 Å². The number of nitrogens with one attached hydrogen (secondary N) is 1. The molecule has 0 spiro atoms. The molecule has 9 heteroatoms. The lowest BCUT2D eigenvalue weighted by atomic mass is 9.98. The molecule has 1 aliphatic heterocycles. The molecule has 1 unspecified atom stereocenters. The minimum Gasteiger partial charge on any atom is -0.340 e. The van der Waals surface area contributed by atoms with Crippen molar-refractivity contribution < 1.29 is 13.2 Å². The van der Waals surface area contributed by atoms with Crippen molar-refractivity contribution in [2.45, 2.75) is 31.9 Å². The fourth-order valence-electron chi connectivity index (χ4n) is 2.57. The van der Waals surface area contributed by atoms with E-state index in [0.29, 0.717) is 18.9 Å². The van der Waals surface area contributed by atoms with Crippen LogP contribution in [0.25, 0.3) is 0 Å². The van der Waals surface area contributed by atoms with Gasteiger partial charge in [0.25, 0.3) is 0 Å². The molecule has 0 bridgehead atoms. The van der Waals surface area contributed by atoms with E-state index in [-0.39, 0.29) is 11.9 Å².